The largest absolute Gasteiger partial charge is 0.497 e. The number of aromatic nitrogens is 2. The minimum atomic E-state index is -3.51. The second-order valence-electron chi connectivity index (χ2n) is 5.85. The summed E-state index contributed by atoms with van der Waals surface area (Å²) in [6.07, 6.45) is 1.01. The van der Waals surface area contributed by atoms with Gasteiger partial charge in [0.25, 0.3) is 5.91 Å². The van der Waals surface area contributed by atoms with Crippen LogP contribution in [-0.2, 0) is 16.6 Å². The Labute approximate surface area is 161 Å². The van der Waals surface area contributed by atoms with Crippen molar-refractivity contribution in [3.63, 3.8) is 0 Å². The molecule has 0 saturated heterocycles. The smallest absolute Gasteiger partial charge is 0.253 e. The molecule has 0 radical (unpaired) electrons. The van der Waals surface area contributed by atoms with Crippen LogP contribution < -0.4 is 14.8 Å². The molecule has 28 heavy (non-hydrogen) atoms. The number of nitrogens with zero attached hydrogens (tertiary/aromatic N) is 2. The van der Waals surface area contributed by atoms with Gasteiger partial charge in [0.1, 0.15) is 5.75 Å². The predicted octanol–water partition coefficient (Wildman–Crippen LogP) is 2.05. The third kappa shape index (κ3) is 4.86. The summed E-state index contributed by atoms with van der Waals surface area (Å²) < 4.78 is 35.5. The molecule has 2 aromatic carbocycles. The molecule has 3 rings (SSSR count). The average molecular weight is 402 g/mol. The highest BCUT2D eigenvalue weighted by Crippen LogP contribution is 2.21. The number of ether oxygens (including phenoxy) is 1. The second kappa shape index (κ2) is 8.09. The number of rotatable bonds is 7. The molecule has 0 aliphatic carbocycles. The van der Waals surface area contributed by atoms with Crippen LogP contribution in [0.15, 0.2) is 53.1 Å². The van der Waals surface area contributed by atoms with Gasteiger partial charge in [0, 0.05) is 5.56 Å². The predicted molar refractivity (Wildman–Crippen MR) is 102 cm³/mol. The summed E-state index contributed by atoms with van der Waals surface area (Å²) in [7, 11) is -1.95. The van der Waals surface area contributed by atoms with Crippen LogP contribution >= 0.6 is 0 Å². The third-order valence-electron chi connectivity index (χ3n) is 3.66. The summed E-state index contributed by atoms with van der Waals surface area (Å²) >= 11 is 0. The fraction of sp³-hybridized carbons (Fsp3) is 0.167. The summed E-state index contributed by atoms with van der Waals surface area (Å²) in [5.74, 6) is 0.752. The van der Waals surface area contributed by atoms with E-state index in [1.165, 1.54) is 12.1 Å². The highest BCUT2D eigenvalue weighted by molar-refractivity contribution is 7.92. The Morgan fingerprint density at radius 2 is 1.96 bits per heavy atom. The number of carbonyl (C=O) groups is 1. The van der Waals surface area contributed by atoms with E-state index in [1.807, 2.05) is 6.07 Å². The molecule has 1 amide bonds. The molecule has 10 heteroatoms. The molecule has 3 aromatic rings. The van der Waals surface area contributed by atoms with Crippen LogP contribution in [0.1, 0.15) is 16.2 Å². The zero-order valence-corrected chi connectivity index (χ0v) is 16.0. The number of methoxy groups -OCH3 is 1. The van der Waals surface area contributed by atoms with E-state index in [9.17, 15) is 13.2 Å². The van der Waals surface area contributed by atoms with Gasteiger partial charge < -0.3 is 14.6 Å². The molecule has 0 atom stereocenters. The first kappa shape index (κ1) is 19.4. The van der Waals surface area contributed by atoms with Gasteiger partial charge in [-0.25, -0.2) is 8.42 Å². The molecule has 1 heterocycles. The fourth-order valence-corrected chi connectivity index (χ4v) is 3.00. The molecule has 0 bridgehead atoms. The lowest BCUT2D eigenvalue weighted by Gasteiger charge is -2.10. The van der Waals surface area contributed by atoms with Crippen LogP contribution in [0.25, 0.3) is 11.4 Å². The summed E-state index contributed by atoms with van der Waals surface area (Å²) in [5.41, 5.74) is 1.08. The van der Waals surface area contributed by atoms with Crippen LogP contribution in [0.4, 0.5) is 5.69 Å². The van der Waals surface area contributed by atoms with Crippen LogP contribution in [0.2, 0.25) is 0 Å². The van der Waals surface area contributed by atoms with Crippen molar-refractivity contribution in [3.05, 3.63) is 60.0 Å². The maximum Gasteiger partial charge on any atom is 0.253 e. The minimum absolute atomic E-state index is 0.0109. The number of anilines is 1. The summed E-state index contributed by atoms with van der Waals surface area (Å²) in [6, 6.07) is 13.5. The third-order valence-corrected chi connectivity index (χ3v) is 4.25. The molecule has 9 nitrogen and oxygen atoms in total. The van der Waals surface area contributed by atoms with E-state index in [0.29, 0.717) is 17.1 Å². The second-order valence-corrected chi connectivity index (χ2v) is 7.59. The number of sulfonamides is 1. The Balaban J connectivity index is 1.70. The maximum absolute atomic E-state index is 12.4. The Kier molecular flexibility index (Phi) is 5.59. The number of nitrogens with one attached hydrogen (secondary N) is 2. The molecule has 2 N–H and O–H groups in total. The van der Waals surface area contributed by atoms with Gasteiger partial charge >= 0.3 is 0 Å². The van der Waals surface area contributed by atoms with E-state index in [2.05, 4.69) is 20.2 Å². The zero-order chi connectivity index (χ0) is 20.1. The number of benzene rings is 2. The molecule has 0 aliphatic rings. The van der Waals surface area contributed by atoms with Crippen molar-refractivity contribution in [1.82, 2.24) is 15.5 Å². The topological polar surface area (TPSA) is 123 Å². The maximum atomic E-state index is 12.4. The SMILES string of the molecule is COc1cccc(-c2noc(CNC(=O)c3ccccc3NS(C)(=O)=O)n2)c1. The molecular formula is C18H18N4O5S. The molecule has 146 valence electrons. The van der Waals surface area contributed by atoms with E-state index in [-0.39, 0.29) is 23.7 Å². The molecule has 0 saturated carbocycles. The van der Waals surface area contributed by atoms with Gasteiger partial charge in [-0.15, -0.1) is 0 Å². The highest BCUT2D eigenvalue weighted by atomic mass is 32.2. The number of para-hydroxylation sites is 1. The van der Waals surface area contributed by atoms with Crippen molar-refractivity contribution in [1.29, 1.82) is 0 Å². The number of amides is 1. The molecular weight excluding hydrogens is 384 g/mol. The van der Waals surface area contributed by atoms with Crippen molar-refractivity contribution in [3.8, 4) is 17.1 Å². The van der Waals surface area contributed by atoms with Gasteiger partial charge in [0.2, 0.25) is 21.7 Å². The van der Waals surface area contributed by atoms with Gasteiger partial charge in [-0.1, -0.05) is 29.4 Å². The number of hydrogen-bond acceptors (Lipinski definition) is 7. The van der Waals surface area contributed by atoms with E-state index < -0.39 is 15.9 Å². The van der Waals surface area contributed by atoms with Crippen molar-refractivity contribution in [2.45, 2.75) is 6.54 Å². The van der Waals surface area contributed by atoms with Gasteiger partial charge in [0.05, 0.1) is 31.2 Å². The summed E-state index contributed by atoms with van der Waals surface area (Å²) in [4.78, 5) is 16.7. The van der Waals surface area contributed by atoms with Crippen molar-refractivity contribution >= 4 is 21.6 Å². The van der Waals surface area contributed by atoms with Gasteiger partial charge in [0.15, 0.2) is 0 Å². The first-order valence-corrected chi connectivity index (χ1v) is 10.1. The van der Waals surface area contributed by atoms with Crippen LogP contribution in [0.3, 0.4) is 0 Å². The monoisotopic (exact) mass is 402 g/mol. The van der Waals surface area contributed by atoms with Gasteiger partial charge in [-0.05, 0) is 24.3 Å². The lowest BCUT2D eigenvalue weighted by molar-refractivity contribution is 0.0947. The lowest BCUT2D eigenvalue weighted by Crippen LogP contribution is -2.24. The van der Waals surface area contributed by atoms with Crippen molar-refractivity contribution < 1.29 is 22.5 Å². The van der Waals surface area contributed by atoms with Crippen LogP contribution in [0.5, 0.6) is 5.75 Å². The highest BCUT2D eigenvalue weighted by Gasteiger charge is 2.15. The van der Waals surface area contributed by atoms with Crippen molar-refractivity contribution in [2.24, 2.45) is 0 Å². The minimum Gasteiger partial charge on any atom is -0.497 e. The lowest BCUT2D eigenvalue weighted by atomic mass is 10.1. The summed E-state index contributed by atoms with van der Waals surface area (Å²) in [6.45, 7) is -0.0109. The van der Waals surface area contributed by atoms with Crippen LogP contribution in [-0.4, -0.2) is 37.8 Å². The van der Waals surface area contributed by atoms with Gasteiger partial charge in [-0.3, -0.25) is 9.52 Å². The molecule has 0 unspecified atom stereocenters. The first-order chi connectivity index (χ1) is 13.4. The Hall–Kier alpha value is -3.40. The Morgan fingerprint density at radius 3 is 2.71 bits per heavy atom. The van der Waals surface area contributed by atoms with Gasteiger partial charge in [-0.2, -0.15) is 4.98 Å². The molecule has 0 fully saturated rings. The fourth-order valence-electron chi connectivity index (χ4n) is 2.43. The molecule has 0 aliphatic heterocycles. The standard InChI is InChI=1S/C18H18N4O5S/c1-26-13-7-5-6-12(10-13)17-20-16(27-21-17)11-19-18(23)14-8-3-4-9-15(14)22-28(2,24)25/h3-10,22H,11H2,1-2H3,(H,19,23). The normalized spacial score (nSPS) is 11.1. The zero-order valence-electron chi connectivity index (χ0n) is 15.2. The van der Waals surface area contributed by atoms with E-state index >= 15 is 0 Å². The van der Waals surface area contributed by atoms with Crippen LogP contribution in [0, 0.1) is 0 Å². The van der Waals surface area contributed by atoms with E-state index in [1.54, 1.807) is 37.4 Å². The Morgan fingerprint density at radius 1 is 1.18 bits per heavy atom. The quantitative estimate of drug-likeness (QED) is 0.620. The summed E-state index contributed by atoms with van der Waals surface area (Å²) in [5, 5.41) is 6.53. The molecule has 1 aromatic heterocycles. The molecule has 0 spiro atoms. The number of hydrogen-bond donors (Lipinski definition) is 2. The van der Waals surface area contributed by atoms with Crippen molar-refractivity contribution in [2.75, 3.05) is 18.1 Å². The van der Waals surface area contributed by atoms with E-state index in [4.69, 9.17) is 9.26 Å². The Bertz CT molecular complexity index is 1090. The number of carbonyl (C=O) groups excluding carboxylic acids is 1. The first-order valence-electron chi connectivity index (χ1n) is 8.18. The van der Waals surface area contributed by atoms with E-state index in [0.717, 1.165) is 6.26 Å². The average Bonchev–Trinajstić information content (AvgIpc) is 3.14.